The van der Waals surface area contributed by atoms with Crippen LogP contribution in [0.5, 0.6) is 0 Å². The molecule has 2 aliphatic carbocycles. The number of nitrogens with zero attached hydrogens (tertiary/aromatic N) is 2. The first kappa shape index (κ1) is 27.5. The smallest absolute Gasteiger partial charge is 0.410 e. The molecule has 2 saturated carbocycles. The molecule has 2 N–H and O–H groups in total. The van der Waals surface area contributed by atoms with Gasteiger partial charge < -0.3 is 29.4 Å². The molecule has 5 rings (SSSR count). The van der Waals surface area contributed by atoms with Crippen LogP contribution in [-0.2, 0) is 9.47 Å². The molecule has 3 amide bonds. The van der Waals surface area contributed by atoms with E-state index in [1.54, 1.807) is 39.0 Å². The van der Waals surface area contributed by atoms with E-state index in [0.29, 0.717) is 34.4 Å². The molecule has 3 fully saturated rings. The quantitative estimate of drug-likeness (QED) is 0.427. The number of carbonyl (C=O) groups excluding carboxylic acids is 2. The van der Waals surface area contributed by atoms with Gasteiger partial charge in [0, 0.05) is 7.11 Å². The van der Waals surface area contributed by atoms with Crippen molar-refractivity contribution in [2.75, 3.05) is 20.3 Å². The van der Waals surface area contributed by atoms with E-state index in [-0.39, 0.29) is 12.5 Å². The lowest BCUT2D eigenvalue weighted by Gasteiger charge is -2.27. The Labute approximate surface area is 224 Å². The van der Waals surface area contributed by atoms with Crippen LogP contribution >= 0.6 is 0 Å². The molecule has 39 heavy (non-hydrogen) atoms. The lowest BCUT2D eigenvalue weighted by atomic mass is 9.89. The number of benzene rings is 1. The third kappa shape index (κ3) is 6.26. The highest BCUT2D eigenvalue weighted by Crippen LogP contribution is 2.54. The number of nitrogens with one attached hydrogen (secondary N) is 2. The second-order valence-corrected chi connectivity index (χ2v) is 11.8. The lowest BCUT2D eigenvalue weighted by molar-refractivity contribution is -0.150. The summed E-state index contributed by atoms with van der Waals surface area (Å²) in [6, 6.07) is 1.11. The van der Waals surface area contributed by atoms with Crippen molar-refractivity contribution >= 4 is 23.2 Å². The van der Waals surface area contributed by atoms with E-state index in [0.717, 1.165) is 30.6 Å². The van der Waals surface area contributed by atoms with Crippen molar-refractivity contribution in [1.29, 1.82) is 0 Å². The van der Waals surface area contributed by atoms with Crippen LogP contribution in [0, 0.1) is 17.8 Å². The van der Waals surface area contributed by atoms with E-state index < -0.39 is 48.6 Å². The number of ether oxygens (including phenoxy) is 2. The minimum Gasteiger partial charge on any atom is -0.444 e. The van der Waals surface area contributed by atoms with Crippen molar-refractivity contribution in [2.45, 2.75) is 76.4 Å². The van der Waals surface area contributed by atoms with E-state index in [1.165, 1.54) is 7.11 Å². The molecule has 2 aromatic rings. The van der Waals surface area contributed by atoms with Crippen molar-refractivity contribution in [2.24, 2.45) is 17.8 Å². The van der Waals surface area contributed by atoms with Crippen LogP contribution in [0.1, 0.15) is 70.0 Å². The maximum Gasteiger partial charge on any atom is 0.410 e. The van der Waals surface area contributed by atoms with Gasteiger partial charge in [-0.25, -0.2) is 14.6 Å². The number of methoxy groups -OCH3 is 1. The van der Waals surface area contributed by atoms with Crippen molar-refractivity contribution in [3.8, 4) is 0 Å². The third-order valence-electron chi connectivity index (χ3n) is 7.50. The molecule has 3 aliphatic rings. The van der Waals surface area contributed by atoms with Gasteiger partial charge in [-0.1, -0.05) is 6.07 Å². The van der Waals surface area contributed by atoms with Crippen molar-refractivity contribution < 1.29 is 36.7 Å². The van der Waals surface area contributed by atoms with E-state index in [2.05, 4.69) is 5.32 Å². The topological polar surface area (TPSA) is 106 Å². The number of oxazole rings is 1. The fourth-order valence-corrected chi connectivity index (χ4v) is 5.49. The highest BCUT2D eigenvalue weighted by atomic mass is 19.4. The standard InChI is InChI=1S/C27H35F3N4O5/c1-26(2,3)39-25(36)33-22(21(14-5-6-14)15-7-8-15)23-31-17-11-16(9-10-19(17)38-23)18(13-37-4)34-12-20(27(28,29)30)32-24(34)35/h9-11,14-15,18,20-22H,5-8,12-13H2,1-4H3,(H,32,35)(H,33,36)/t18-,20+,22-/m1/s1. The normalized spacial score (nSPS) is 21.8. The van der Waals surface area contributed by atoms with Crippen LogP contribution in [0.2, 0.25) is 0 Å². The van der Waals surface area contributed by atoms with Gasteiger partial charge in [0.05, 0.1) is 19.2 Å². The van der Waals surface area contributed by atoms with Crippen LogP contribution in [0.4, 0.5) is 22.8 Å². The number of hydrogen-bond donors (Lipinski definition) is 2. The fourth-order valence-electron chi connectivity index (χ4n) is 5.49. The van der Waals surface area contributed by atoms with Gasteiger partial charge in [0.2, 0.25) is 5.89 Å². The minimum atomic E-state index is -4.55. The van der Waals surface area contributed by atoms with Crippen LogP contribution in [0.15, 0.2) is 22.6 Å². The van der Waals surface area contributed by atoms with Gasteiger partial charge in [-0.3, -0.25) is 0 Å². The monoisotopic (exact) mass is 552 g/mol. The van der Waals surface area contributed by atoms with E-state index in [9.17, 15) is 22.8 Å². The van der Waals surface area contributed by atoms with Crippen molar-refractivity contribution in [3.05, 3.63) is 29.7 Å². The van der Waals surface area contributed by atoms with Gasteiger partial charge in [-0.05, 0) is 81.9 Å². The second-order valence-electron chi connectivity index (χ2n) is 11.8. The first-order valence-corrected chi connectivity index (χ1v) is 13.4. The largest absolute Gasteiger partial charge is 0.444 e. The summed E-state index contributed by atoms with van der Waals surface area (Å²) in [7, 11) is 1.43. The molecule has 0 radical (unpaired) electrons. The van der Waals surface area contributed by atoms with Crippen LogP contribution < -0.4 is 10.6 Å². The van der Waals surface area contributed by atoms with E-state index >= 15 is 0 Å². The van der Waals surface area contributed by atoms with Crippen LogP contribution in [0.25, 0.3) is 11.1 Å². The Balaban J connectivity index is 1.44. The Kier molecular flexibility index (Phi) is 7.19. The molecule has 1 aromatic heterocycles. The van der Waals surface area contributed by atoms with Crippen molar-refractivity contribution in [3.63, 3.8) is 0 Å². The predicted octanol–water partition coefficient (Wildman–Crippen LogP) is 5.47. The summed E-state index contributed by atoms with van der Waals surface area (Å²) in [5, 5.41) is 5.02. The first-order valence-electron chi connectivity index (χ1n) is 13.4. The molecular weight excluding hydrogens is 517 g/mol. The number of alkyl carbamates (subject to hydrolysis) is 1. The highest BCUT2D eigenvalue weighted by molar-refractivity contribution is 5.78. The van der Waals surface area contributed by atoms with Crippen LogP contribution in [0.3, 0.4) is 0 Å². The Bertz CT molecular complexity index is 1210. The Morgan fingerprint density at radius 1 is 1.21 bits per heavy atom. The number of carbonyl (C=O) groups is 2. The summed E-state index contributed by atoms with van der Waals surface area (Å²) in [6.45, 7) is 4.88. The molecule has 3 atom stereocenters. The molecule has 9 nitrogen and oxygen atoms in total. The van der Waals surface area contributed by atoms with Gasteiger partial charge in [-0.15, -0.1) is 0 Å². The number of rotatable bonds is 9. The maximum atomic E-state index is 13.3. The SMILES string of the molecule is COC[C@H](c1ccc2oc([C@H](NC(=O)OC(C)(C)C)C(C3CC3)C3CC3)nc2c1)N1C[C@@H](C(F)(F)F)NC1=O. The lowest BCUT2D eigenvalue weighted by Crippen LogP contribution is -2.40. The number of aromatic nitrogens is 1. The molecule has 0 bridgehead atoms. The molecule has 2 heterocycles. The summed E-state index contributed by atoms with van der Waals surface area (Å²) in [6.07, 6.45) is -0.730. The fraction of sp³-hybridized carbons (Fsp3) is 0.667. The Hall–Kier alpha value is -3.02. The molecular formula is C27H35F3N4O5. The van der Waals surface area contributed by atoms with Gasteiger partial charge in [0.1, 0.15) is 23.2 Å². The summed E-state index contributed by atoms with van der Waals surface area (Å²) in [5.74, 6) is 1.50. The number of halogens is 3. The second kappa shape index (κ2) is 10.2. The first-order chi connectivity index (χ1) is 18.3. The summed E-state index contributed by atoms with van der Waals surface area (Å²) >= 11 is 0. The van der Waals surface area contributed by atoms with Gasteiger partial charge in [0.25, 0.3) is 0 Å². The number of urea groups is 1. The Morgan fingerprint density at radius 3 is 2.41 bits per heavy atom. The zero-order valence-electron chi connectivity index (χ0n) is 22.5. The summed E-state index contributed by atoms with van der Waals surface area (Å²) < 4.78 is 56.8. The summed E-state index contributed by atoms with van der Waals surface area (Å²) in [4.78, 5) is 31.1. The Morgan fingerprint density at radius 2 is 1.87 bits per heavy atom. The molecule has 1 aromatic carbocycles. The molecule has 0 unspecified atom stereocenters. The number of hydrogen-bond acceptors (Lipinski definition) is 6. The average Bonchev–Trinajstić information content (AvgIpc) is 3.76. The minimum absolute atomic E-state index is 0.00245. The summed E-state index contributed by atoms with van der Waals surface area (Å²) in [5.41, 5.74) is 0.866. The molecule has 1 saturated heterocycles. The maximum absolute atomic E-state index is 13.3. The predicted molar refractivity (Wildman–Crippen MR) is 135 cm³/mol. The van der Waals surface area contributed by atoms with Gasteiger partial charge in [0.15, 0.2) is 5.58 Å². The number of fused-ring (bicyclic) bond motifs is 1. The zero-order valence-corrected chi connectivity index (χ0v) is 22.5. The molecule has 0 spiro atoms. The van der Waals surface area contributed by atoms with Gasteiger partial charge in [-0.2, -0.15) is 13.2 Å². The van der Waals surface area contributed by atoms with E-state index in [1.807, 2.05) is 5.32 Å². The molecule has 214 valence electrons. The van der Waals surface area contributed by atoms with Crippen molar-refractivity contribution in [1.82, 2.24) is 20.5 Å². The zero-order chi connectivity index (χ0) is 28.1. The van der Waals surface area contributed by atoms with E-state index in [4.69, 9.17) is 18.9 Å². The highest BCUT2D eigenvalue weighted by Gasteiger charge is 2.49. The third-order valence-corrected chi connectivity index (χ3v) is 7.50. The molecule has 12 heteroatoms. The average molecular weight is 553 g/mol. The van der Waals surface area contributed by atoms with Crippen LogP contribution in [-0.4, -0.2) is 60.1 Å². The van der Waals surface area contributed by atoms with Gasteiger partial charge >= 0.3 is 18.3 Å². The molecule has 1 aliphatic heterocycles. The number of alkyl halides is 3. The number of amides is 3.